The van der Waals surface area contributed by atoms with E-state index >= 15 is 0 Å². The largest absolute Gasteiger partial charge is 0.477 e. The molecular weight excluding hydrogens is 376 g/mol. The number of thioether (sulfide) groups is 1. The molecule has 1 atom stereocenters. The summed E-state index contributed by atoms with van der Waals surface area (Å²) in [5.41, 5.74) is 0.278. The van der Waals surface area contributed by atoms with E-state index in [9.17, 15) is 13.6 Å². The molecule has 1 aliphatic rings. The van der Waals surface area contributed by atoms with Gasteiger partial charge in [-0.2, -0.15) is 8.78 Å². The molecular formula is C18H19F2N3O3S. The standard InChI is InChI=1S/C18H19F2N3O3S/c1-25-15-16(22-9-8-21-15)26-12-5-4-10-23(11-12)17(24)13-6-2-3-7-14(13)27-18(19)20/h2-3,6-9,12,18H,4-5,10-11H2,1H3. The smallest absolute Gasteiger partial charge is 0.288 e. The summed E-state index contributed by atoms with van der Waals surface area (Å²) in [6, 6.07) is 6.42. The molecule has 0 radical (unpaired) electrons. The summed E-state index contributed by atoms with van der Waals surface area (Å²) in [5, 5.41) is 0. The minimum absolute atomic E-state index is 0.271. The number of halogens is 2. The molecule has 6 nitrogen and oxygen atoms in total. The molecule has 0 saturated carbocycles. The minimum atomic E-state index is -2.58. The zero-order valence-corrected chi connectivity index (χ0v) is 15.5. The van der Waals surface area contributed by atoms with E-state index in [0.717, 1.165) is 12.8 Å². The molecule has 3 rings (SSSR count). The van der Waals surface area contributed by atoms with Crippen LogP contribution in [0.1, 0.15) is 23.2 Å². The fourth-order valence-electron chi connectivity index (χ4n) is 2.92. The first-order chi connectivity index (χ1) is 13.1. The fourth-order valence-corrected chi connectivity index (χ4v) is 3.55. The molecule has 1 unspecified atom stereocenters. The van der Waals surface area contributed by atoms with Crippen molar-refractivity contribution in [1.82, 2.24) is 14.9 Å². The van der Waals surface area contributed by atoms with Crippen LogP contribution in [0.3, 0.4) is 0 Å². The van der Waals surface area contributed by atoms with Crippen molar-refractivity contribution in [3.05, 3.63) is 42.2 Å². The van der Waals surface area contributed by atoms with Crippen molar-refractivity contribution in [2.24, 2.45) is 0 Å². The lowest BCUT2D eigenvalue weighted by molar-refractivity contribution is 0.0516. The van der Waals surface area contributed by atoms with Crippen LogP contribution in [0, 0.1) is 0 Å². The van der Waals surface area contributed by atoms with Crippen LogP contribution in [0.2, 0.25) is 0 Å². The lowest BCUT2D eigenvalue weighted by atomic mass is 10.1. The van der Waals surface area contributed by atoms with E-state index in [1.165, 1.54) is 25.6 Å². The van der Waals surface area contributed by atoms with Crippen molar-refractivity contribution in [2.45, 2.75) is 29.6 Å². The first kappa shape index (κ1) is 19.3. The predicted molar refractivity (Wildman–Crippen MR) is 96.4 cm³/mol. The van der Waals surface area contributed by atoms with E-state index in [4.69, 9.17) is 9.47 Å². The Morgan fingerprint density at radius 2 is 2.00 bits per heavy atom. The van der Waals surface area contributed by atoms with Gasteiger partial charge in [-0.3, -0.25) is 4.79 Å². The molecule has 2 aromatic rings. The van der Waals surface area contributed by atoms with Gasteiger partial charge in [0.15, 0.2) is 0 Å². The number of piperidine rings is 1. The number of carbonyl (C=O) groups excluding carboxylic acids is 1. The van der Waals surface area contributed by atoms with Crippen LogP contribution in [0.15, 0.2) is 41.6 Å². The van der Waals surface area contributed by atoms with Crippen LogP contribution in [0.4, 0.5) is 8.78 Å². The molecule has 1 aromatic heterocycles. The Hall–Kier alpha value is -2.42. The summed E-state index contributed by atoms with van der Waals surface area (Å²) in [7, 11) is 1.48. The van der Waals surface area contributed by atoms with Gasteiger partial charge in [0.05, 0.1) is 19.2 Å². The van der Waals surface area contributed by atoms with Crippen molar-refractivity contribution >= 4 is 17.7 Å². The molecule has 0 spiro atoms. The van der Waals surface area contributed by atoms with Gasteiger partial charge in [0, 0.05) is 23.8 Å². The number of rotatable bonds is 6. The summed E-state index contributed by atoms with van der Waals surface area (Å²) >= 11 is 0.379. The maximum atomic E-state index is 12.9. The number of hydrogen-bond acceptors (Lipinski definition) is 6. The van der Waals surface area contributed by atoms with Gasteiger partial charge in [-0.25, -0.2) is 9.97 Å². The molecule has 1 aliphatic heterocycles. The molecule has 1 aromatic carbocycles. The number of carbonyl (C=O) groups is 1. The molecule has 0 N–H and O–H groups in total. The fraction of sp³-hybridized carbons (Fsp3) is 0.389. The van der Waals surface area contributed by atoms with Gasteiger partial charge in [0.2, 0.25) is 0 Å². The normalized spacial score (nSPS) is 17.0. The van der Waals surface area contributed by atoms with Crippen molar-refractivity contribution < 1.29 is 23.0 Å². The van der Waals surface area contributed by atoms with Crippen LogP contribution in [0.5, 0.6) is 11.8 Å². The predicted octanol–water partition coefficient (Wildman–Crippen LogP) is 3.48. The average Bonchev–Trinajstić information content (AvgIpc) is 2.68. The number of amides is 1. The van der Waals surface area contributed by atoms with E-state index in [1.54, 1.807) is 23.1 Å². The van der Waals surface area contributed by atoms with E-state index in [1.807, 2.05) is 0 Å². The Labute approximate surface area is 159 Å². The van der Waals surface area contributed by atoms with Crippen molar-refractivity contribution in [3.63, 3.8) is 0 Å². The third kappa shape index (κ3) is 4.85. The molecule has 0 bridgehead atoms. The Balaban J connectivity index is 1.72. The quantitative estimate of drug-likeness (QED) is 0.698. The van der Waals surface area contributed by atoms with Gasteiger partial charge in [0.1, 0.15) is 6.10 Å². The second-order valence-corrected chi connectivity index (χ2v) is 6.91. The van der Waals surface area contributed by atoms with Crippen molar-refractivity contribution in [1.29, 1.82) is 0 Å². The maximum absolute atomic E-state index is 12.9. The first-order valence-corrected chi connectivity index (χ1v) is 9.31. The molecule has 0 aliphatic carbocycles. The van der Waals surface area contributed by atoms with Gasteiger partial charge >= 0.3 is 0 Å². The number of aromatic nitrogens is 2. The number of nitrogens with zero attached hydrogens (tertiary/aromatic N) is 3. The van der Waals surface area contributed by atoms with Gasteiger partial charge in [-0.15, -0.1) is 0 Å². The topological polar surface area (TPSA) is 64.6 Å². The highest BCUT2D eigenvalue weighted by Gasteiger charge is 2.28. The maximum Gasteiger partial charge on any atom is 0.288 e. The zero-order valence-electron chi connectivity index (χ0n) is 14.7. The third-order valence-electron chi connectivity index (χ3n) is 4.10. The average molecular weight is 395 g/mol. The highest BCUT2D eigenvalue weighted by atomic mass is 32.2. The number of ether oxygens (including phenoxy) is 2. The number of likely N-dealkylation sites (tertiary alicyclic amines) is 1. The molecule has 1 amide bonds. The summed E-state index contributed by atoms with van der Waals surface area (Å²) in [4.78, 5) is 22.9. The highest BCUT2D eigenvalue weighted by molar-refractivity contribution is 7.99. The van der Waals surface area contributed by atoms with Crippen molar-refractivity contribution in [2.75, 3.05) is 20.2 Å². The van der Waals surface area contributed by atoms with Crippen LogP contribution in [0.25, 0.3) is 0 Å². The highest BCUT2D eigenvalue weighted by Crippen LogP contribution is 2.30. The SMILES string of the molecule is COc1nccnc1OC1CCCN(C(=O)c2ccccc2SC(F)F)C1. The lowest BCUT2D eigenvalue weighted by Gasteiger charge is -2.33. The number of alkyl halides is 2. The van der Waals surface area contributed by atoms with Gasteiger partial charge < -0.3 is 14.4 Å². The molecule has 9 heteroatoms. The minimum Gasteiger partial charge on any atom is -0.477 e. The number of benzene rings is 1. The lowest BCUT2D eigenvalue weighted by Crippen LogP contribution is -2.44. The summed E-state index contributed by atoms with van der Waals surface area (Å²) in [5.74, 6) is -2.31. The second-order valence-electron chi connectivity index (χ2n) is 5.88. The molecule has 144 valence electrons. The Morgan fingerprint density at radius 3 is 2.74 bits per heavy atom. The third-order valence-corrected chi connectivity index (χ3v) is 4.89. The van der Waals surface area contributed by atoms with E-state index < -0.39 is 5.76 Å². The van der Waals surface area contributed by atoms with Crippen LogP contribution >= 0.6 is 11.8 Å². The Morgan fingerprint density at radius 1 is 1.26 bits per heavy atom. The Bertz CT molecular complexity index is 794. The zero-order chi connectivity index (χ0) is 19.2. The number of methoxy groups -OCH3 is 1. The first-order valence-electron chi connectivity index (χ1n) is 8.43. The molecule has 1 fully saturated rings. The van der Waals surface area contributed by atoms with E-state index in [0.29, 0.717) is 24.9 Å². The molecule has 1 saturated heterocycles. The Kier molecular flexibility index (Phi) is 6.44. The van der Waals surface area contributed by atoms with Gasteiger partial charge in [-0.1, -0.05) is 23.9 Å². The summed E-state index contributed by atoms with van der Waals surface area (Å²) in [6.45, 7) is 0.885. The van der Waals surface area contributed by atoms with Gasteiger partial charge in [0.25, 0.3) is 23.4 Å². The second kappa shape index (κ2) is 8.98. The van der Waals surface area contributed by atoms with E-state index in [2.05, 4.69) is 9.97 Å². The van der Waals surface area contributed by atoms with Crippen LogP contribution in [-0.4, -0.2) is 52.8 Å². The number of hydrogen-bond donors (Lipinski definition) is 0. The molecule has 2 heterocycles. The summed E-state index contributed by atoms with van der Waals surface area (Å²) in [6.07, 6.45) is 4.21. The monoisotopic (exact) mass is 395 g/mol. The van der Waals surface area contributed by atoms with E-state index in [-0.39, 0.29) is 34.2 Å². The summed E-state index contributed by atoms with van der Waals surface area (Å²) < 4.78 is 36.6. The van der Waals surface area contributed by atoms with Crippen LogP contribution in [-0.2, 0) is 0 Å². The van der Waals surface area contributed by atoms with Crippen molar-refractivity contribution in [3.8, 4) is 11.8 Å². The molecule has 27 heavy (non-hydrogen) atoms. The van der Waals surface area contributed by atoms with Crippen LogP contribution < -0.4 is 9.47 Å². The van der Waals surface area contributed by atoms with Gasteiger partial charge in [-0.05, 0) is 25.0 Å².